The van der Waals surface area contributed by atoms with Crippen LogP contribution in [0.4, 0.5) is 0 Å². The normalized spacial score (nSPS) is 14.0. The molecule has 0 aliphatic rings. The Kier molecular flexibility index (Phi) is 22.8. The number of hydrogen-bond acceptors (Lipinski definition) is 0. The summed E-state index contributed by atoms with van der Waals surface area (Å²) in [5.74, 6) is 1.80. The highest BCUT2D eigenvalue weighted by Gasteiger charge is 2.02. The van der Waals surface area contributed by atoms with Crippen LogP contribution in [0.1, 0.15) is 142 Å². The predicted octanol–water partition coefficient (Wildman–Crippen LogP) is 10.3. The van der Waals surface area contributed by atoms with Crippen LogP contribution in [0, 0.1) is 25.7 Å². The van der Waals surface area contributed by atoms with Crippen molar-refractivity contribution in [3.05, 3.63) is 26.0 Å². The summed E-state index contributed by atoms with van der Waals surface area (Å²) in [5.41, 5.74) is 0. The second-order valence-corrected chi connectivity index (χ2v) is 9.38. The molecule has 0 aliphatic heterocycles. The van der Waals surface area contributed by atoms with Crippen molar-refractivity contribution in [2.45, 2.75) is 142 Å². The Morgan fingerprint density at radius 1 is 0.500 bits per heavy atom. The zero-order chi connectivity index (χ0) is 20.7. The molecular weight excluding hydrogens is 336 g/mol. The summed E-state index contributed by atoms with van der Waals surface area (Å²) >= 11 is 0. The average molecular weight is 391 g/mol. The minimum atomic E-state index is 0.867. The summed E-state index contributed by atoms with van der Waals surface area (Å²) in [6.45, 7) is 12.7. The van der Waals surface area contributed by atoms with E-state index >= 15 is 0 Å². The van der Waals surface area contributed by atoms with Gasteiger partial charge in [-0.25, -0.2) is 0 Å². The molecule has 2 radical (unpaired) electrons. The van der Waals surface area contributed by atoms with E-state index in [1.165, 1.54) is 116 Å². The summed E-state index contributed by atoms with van der Waals surface area (Å²) in [5, 5.41) is 0. The molecule has 0 N–H and O–H groups in total. The molecule has 2 atom stereocenters. The molecule has 0 saturated carbocycles. The van der Waals surface area contributed by atoms with E-state index in [2.05, 4.69) is 39.8 Å². The molecule has 0 amide bonds. The Morgan fingerprint density at radius 3 is 1.50 bits per heavy atom. The molecule has 0 aromatic rings. The van der Waals surface area contributed by atoms with Gasteiger partial charge in [-0.05, 0) is 31.1 Å². The molecule has 0 rings (SSSR count). The SMILES string of the molecule is [CH2]CCCCCCCCC(C)C/C=C/CCCCCCC(C)CCCCC[CH2]. The number of allylic oxidation sites excluding steroid dienone is 2. The molecule has 0 heteroatoms. The molecule has 2 unspecified atom stereocenters. The second kappa shape index (κ2) is 23.0. The first kappa shape index (κ1) is 27.7. The van der Waals surface area contributed by atoms with E-state index in [0.29, 0.717) is 0 Å². The van der Waals surface area contributed by atoms with Crippen molar-refractivity contribution in [3.63, 3.8) is 0 Å². The van der Waals surface area contributed by atoms with Gasteiger partial charge in [-0.15, -0.1) is 0 Å². The molecule has 0 aromatic heterocycles. The van der Waals surface area contributed by atoms with Gasteiger partial charge < -0.3 is 0 Å². The molecule has 0 heterocycles. The van der Waals surface area contributed by atoms with E-state index < -0.39 is 0 Å². The first-order valence-corrected chi connectivity index (χ1v) is 12.9. The van der Waals surface area contributed by atoms with Gasteiger partial charge in [0.2, 0.25) is 0 Å². The lowest BCUT2D eigenvalue weighted by atomic mass is 9.96. The minimum absolute atomic E-state index is 0.867. The third kappa shape index (κ3) is 22.0. The minimum Gasteiger partial charge on any atom is -0.0885 e. The van der Waals surface area contributed by atoms with Gasteiger partial charge in [0.15, 0.2) is 0 Å². The van der Waals surface area contributed by atoms with E-state index in [4.69, 9.17) is 0 Å². The van der Waals surface area contributed by atoms with E-state index in [-0.39, 0.29) is 0 Å². The summed E-state index contributed by atoms with van der Waals surface area (Å²) in [6, 6.07) is 0. The Labute approximate surface area is 180 Å². The van der Waals surface area contributed by atoms with Gasteiger partial charge in [0.25, 0.3) is 0 Å². The maximum absolute atomic E-state index is 3.93. The van der Waals surface area contributed by atoms with Crippen molar-refractivity contribution < 1.29 is 0 Å². The summed E-state index contributed by atoms with van der Waals surface area (Å²) in [6.07, 6.45) is 32.2. The Morgan fingerprint density at radius 2 is 0.929 bits per heavy atom. The van der Waals surface area contributed by atoms with Crippen LogP contribution in [0.5, 0.6) is 0 Å². The van der Waals surface area contributed by atoms with E-state index in [1.54, 1.807) is 0 Å². The van der Waals surface area contributed by atoms with Crippen molar-refractivity contribution in [2.75, 3.05) is 0 Å². The molecular formula is C28H54. The van der Waals surface area contributed by atoms with Crippen molar-refractivity contribution in [3.8, 4) is 0 Å². The van der Waals surface area contributed by atoms with Gasteiger partial charge in [-0.3, -0.25) is 0 Å². The number of hydrogen-bond donors (Lipinski definition) is 0. The third-order valence-electron chi connectivity index (χ3n) is 6.17. The van der Waals surface area contributed by atoms with Crippen molar-refractivity contribution in [1.82, 2.24) is 0 Å². The maximum atomic E-state index is 3.93. The predicted molar refractivity (Wildman–Crippen MR) is 131 cm³/mol. The first-order valence-electron chi connectivity index (χ1n) is 12.9. The lowest BCUT2D eigenvalue weighted by Crippen LogP contribution is -1.95. The highest BCUT2D eigenvalue weighted by Crippen LogP contribution is 2.18. The standard InChI is InChI=1S/C28H54/c1-5-7-9-11-13-16-20-25-28(4)26-22-18-15-12-14-17-21-24-27(3)23-19-10-8-6-2/h18,22,27-28H,1-2,5-17,19-21,23-26H2,3-4H3/b22-18+. The zero-order valence-corrected chi connectivity index (χ0v) is 19.9. The average Bonchev–Trinajstić information content (AvgIpc) is 2.69. The third-order valence-corrected chi connectivity index (χ3v) is 6.17. The molecule has 0 fully saturated rings. The Hall–Kier alpha value is -0.260. The fourth-order valence-corrected chi connectivity index (χ4v) is 4.04. The fourth-order valence-electron chi connectivity index (χ4n) is 4.04. The molecule has 0 bridgehead atoms. The monoisotopic (exact) mass is 390 g/mol. The molecule has 0 spiro atoms. The molecule has 28 heavy (non-hydrogen) atoms. The summed E-state index contributed by atoms with van der Waals surface area (Å²) in [4.78, 5) is 0. The highest BCUT2D eigenvalue weighted by molar-refractivity contribution is 4.83. The molecule has 0 nitrogen and oxygen atoms in total. The lowest BCUT2D eigenvalue weighted by molar-refractivity contribution is 0.436. The quantitative estimate of drug-likeness (QED) is 0.127. The van der Waals surface area contributed by atoms with Crippen LogP contribution in [0.2, 0.25) is 0 Å². The highest BCUT2D eigenvalue weighted by atomic mass is 14.1. The van der Waals surface area contributed by atoms with E-state index in [9.17, 15) is 0 Å². The first-order chi connectivity index (χ1) is 13.7. The fraction of sp³-hybridized carbons (Fsp3) is 0.857. The van der Waals surface area contributed by atoms with Crippen LogP contribution in [-0.4, -0.2) is 0 Å². The van der Waals surface area contributed by atoms with Crippen molar-refractivity contribution in [1.29, 1.82) is 0 Å². The van der Waals surface area contributed by atoms with Gasteiger partial charge in [0, 0.05) is 0 Å². The number of unbranched alkanes of at least 4 members (excludes halogenated alkanes) is 13. The van der Waals surface area contributed by atoms with Gasteiger partial charge in [0.1, 0.15) is 0 Å². The topological polar surface area (TPSA) is 0 Å². The van der Waals surface area contributed by atoms with Gasteiger partial charge >= 0.3 is 0 Å². The Bertz CT molecular complexity index is 303. The molecule has 0 saturated heterocycles. The smallest absolute Gasteiger partial charge is 0.0325 e. The largest absolute Gasteiger partial charge is 0.0885 e. The maximum Gasteiger partial charge on any atom is -0.0325 e. The van der Waals surface area contributed by atoms with Crippen LogP contribution in [-0.2, 0) is 0 Å². The van der Waals surface area contributed by atoms with Crippen LogP contribution in [0.15, 0.2) is 12.2 Å². The van der Waals surface area contributed by atoms with Crippen LogP contribution < -0.4 is 0 Å². The van der Waals surface area contributed by atoms with E-state index in [1.807, 2.05) is 0 Å². The second-order valence-electron chi connectivity index (χ2n) is 9.38. The summed E-state index contributed by atoms with van der Waals surface area (Å²) < 4.78 is 0. The van der Waals surface area contributed by atoms with Crippen LogP contribution in [0.25, 0.3) is 0 Å². The summed E-state index contributed by atoms with van der Waals surface area (Å²) in [7, 11) is 0. The van der Waals surface area contributed by atoms with Gasteiger partial charge in [0.05, 0.1) is 0 Å². The molecule has 0 aliphatic carbocycles. The zero-order valence-electron chi connectivity index (χ0n) is 19.9. The molecule has 166 valence electrons. The van der Waals surface area contributed by atoms with Crippen LogP contribution >= 0.6 is 0 Å². The van der Waals surface area contributed by atoms with Gasteiger partial charge in [-0.2, -0.15) is 0 Å². The van der Waals surface area contributed by atoms with E-state index in [0.717, 1.165) is 24.7 Å². The Balaban J connectivity index is 3.32. The van der Waals surface area contributed by atoms with Gasteiger partial charge in [-0.1, -0.05) is 149 Å². The number of rotatable bonds is 22. The molecule has 0 aromatic carbocycles. The van der Waals surface area contributed by atoms with Crippen LogP contribution in [0.3, 0.4) is 0 Å². The van der Waals surface area contributed by atoms with Crippen molar-refractivity contribution >= 4 is 0 Å². The van der Waals surface area contributed by atoms with Crippen molar-refractivity contribution in [2.24, 2.45) is 11.8 Å². The lowest BCUT2D eigenvalue weighted by Gasteiger charge is -2.10.